The van der Waals surface area contributed by atoms with Crippen LogP contribution in [0.1, 0.15) is 22.3 Å². The van der Waals surface area contributed by atoms with E-state index < -0.39 is 17.1 Å². The molecule has 184 valence electrons. The third-order valence-electron chi connectivity index (χ3n) is 5.51. The van der Waals surface area contributed by atoms with Gasteiger partial charge in [0.25, 0.3) is 11.1 Å². The molecule has 0 unspecified atom stereocenters. The SMILES string of the molecule is COc1cc(/C=C2/SC(=O)N(CC(=O)Nc3ccc(C)cc3)C2=O)ccc1OCc1ccc(C)cc1. The van der Waals surface area contributed by atoms with E-state index in [0.29, 0.717) is 29.4 Å². The first-order valence-electron chi connectivity index (χ1n) is 11.3. The molecule has 1 fully saturated rings. The van der Waals surface area contributed by atoms with Crippen molar-refractivity contribution in [1.82, 2.24) is 4.90 Å². The number of amides is 3. The summed E-state index contributed by atoms with van der Waals surface area (Å²) >= 11 is 0.800. The average molecular weight is 503 g/mol. The first kappa shape index (κ1) is 25.1. The van der Waals surface area contributed by atoms with Gasteiger partial charge in [-0.25, -0.2) is 0 Å². The van der Waals surface area contributed by atoms with Crippen LogP contribution in [0, 0.1) is 13.8 Å². The molecule has 0 saturated carbocycles. The molecule has 3 amide bonds. The van der Waals surface area contributed by atoms with Gasteiger partial charge < -0.3 is 14.8 Å². The van der Waals surface area contributed by atoms with Gasteiger partial charge in [-0.05, 0) is 67.1 Å². The van der Waals surface area contributed by atoms with E-state index >= 15 is 0 Å². The number of nitrogens with one attached hydrogen (secondary N) is 1. The summed E-state index contributed by atoms with van der Waals surface area (Å²) in [5.74, 6) is 0.116. The number of carbonyl (C=O) groups is 3. The van der Waals surface area contributed by atoms with Crippen LogP contribution in [0.4, 0.5) is 10.5 Å². The van der Waals surface area contributed by atoms with Gasteiger partial charge in [0.05, 0.1) is 12.0 Å². The van der Waals surface area contributed by atoms with E-state index in [1.165, 1.54) is 5.56 Å². The van der Waals surface area contributed by atoms with E-state index in [4.69, 9.17) is 9.47 Å². The third kappa shape index (κ3) is 6.14. The number of imide groups is 1. The van der Waals surface area contributed by atoms with Crippen molar-refractivity contribution < 1.29 is 23.9 Å². The van der Waals surface area contributed by atoms with Gasteiger partial charge in [-0.1, -0.05) is 53.6 Å². The maximum absolute atomic E-state index is 12.8. The Labute approximate surface area is 214 Å². The number of rotatable bonds is 8. The number of benzene rings is 3. The highest BCUT2D eigenvalue weighted by Crippen LogP contribution is 2.34. The highest BCUT2D eigenvalue weighted by atomic mass is 32.2. The zero-order valence-corrected chi connectivity index (χ0v) is 21.1. The van der Waals surface area contributed by atoms with Gasteiger partial charge in [0.2, 0.25) is 5.91 Å². The number of thioether (sulfide) groups is 1. The number of nitrogens with zero attached hydrogens (tertiary/aromatic N) is 1. The van der Waals surface area contributed by atoms with Crippen LogP contribution in [0.5, 0.6) is 11.5 Å². The molecule has 0 spiro atoms. The minimum atomic E-state index is -0.511. The van der Waals surface area contributed by atoms with Crippen LogP contribution >= 0.6 is 11.8 Å². The van der Waals surface area contributed by atoms with Gasteiger partial charge in [-0.15, -0.1) is 0 Å². The monoisotopic (exact) mass is 502 g/mol. The summed E-state index contributed by atoms with van der Waals surface area (Å²) in [6.07, 6.45) is 1.61. The minimum Gasteiger partial charge on any atom is -0.493 e. The molecule has 7 nitrogen and oxygen atoms in total. The second-order valence-electron chi connectivity index (χ2n) is 8.37. The van der Waals surface area contributed by atoms with E-state index in [1.54, 1.807) is 43.5 Å². The Kier molecular flexibility index (Phi) is 7.75. The molecule has 3 aromatic rings. The molecule has 36 heavy (non-hydrogen) atoms. The number of ether oxygens (including phenoxy) is 2. The summed E-state index contributed by atoms with van der Waals surface area (Å²) < 4.78 is 11.4. The molecular formula is C28H26N2O5S. The van der Waals surface area contributed by atoms with Gasteiger partial charge in [0, 0.05) is 5.69 Å². The van der Waals surface area contributed by atoms with Gasteiger partial charge in [0.15, 0.2) is 11.5 Å². The van der Waals surface area contributed by atoms with Crippen LogP contribution in [-0.2, 0) is 16.2 Å². The second kappa shape index (κ2) is 11.1. The van der Waals surface area contributed by atoms with Crippen LogP contribution in [-0.4, -0.2) is 35.6 Å². The maximum Gasteiger partial charge on any atom is 0.294 e. The molecular weight excluding hydrogens is 476 g/mol. The fourth-order valence-electron chi connectivity index (χ4n) is 3.51. The summed E-state index contributed by atoms with van der Waals surface area (Å²) in [6.45, 7) is 4.01. The Balaban J connectivity index is 1.42. The van der Waals surface area contributed by atoms with Gasteiger partial charge in [-0.2, -0.15) is 0 Å². The van der Waals surface area contributed by atoms with Crippen LogP contribution in [0.2, 0.25) is 0 Å². The standard InChI is InChI=1S/C28H26N2O5S/c1-18-4-8-20(9-5-18)17-35-23-13-10-21(14-24(23)34-3)15-25-27(32)30(28(33)36-25)16-26(31)29-22-11-6-19(2)7-12-22/h4-15H,16-17H2,1-3H3,(H,29,31)/b25-15+. The van der Waals surface area contributed by atoms with Crippen molar-refractivity contribution in [3.05, 3.63) is 93.9 Å². The first-order chi connectivity index (χ1) is 17.3. The molecule has 0 aliphatic carbocycles. The largest absolute Gasteiger partial charge is 0.493 e. The average Bonchev–Trinajstić information content (AvgIpc) is 3.12. The van der Waals surface area contributed by atoms with E-state index in [9.17, 15) is 14.4 Å². The van der Waals surface area contributed by atoms with Crippen molar-refractivity contribution in [2.45, 2.75) is 20.5 Å². The summed E-state index contributed by atoms with van der Waals surface area (Å²) in [7, 11) is 1.54. The second-order valence-corrected chi connectivity index (χ2v) is 9.36. The molecule has 8 heteroatoms. The van der Waals surface area contributed by atoms with Crippen molar-refractivity contribution in [3.63, 3.8) is 0 Å². The van der Waals surface area contributed by atoms with Crippen molar-refractivity contribution in [2.75, 3.05) is 19.0 Å². The van der Waals surface area contributed by atoms with Crippen molar-refractivity contribution in [3.8, 4) is 11.5 Å². The smallest absolute Gasteiger partial charge is 0.294 e. The molecule has 0 radical (unpaired) electrons. The maximum atomic E-state index is 12.8. The number of methoxy groups -OCH3 is 1. The van der Waals surface area contributed by atoms with E-state index in [1.807, 2.05) is 50.2 Å². The Bertz CT molecular complexity index is 1320. The van der Waals surface area contributed by atoms with Gasteiger partial charge in [0.1, 0.15) is 13.2 Å². The normalized spacial score (nSPS) is 14.3. The highest BCUT2D eigenvalue weighted by Gasteiger charge is 2.36. The van der Waals surface area contributed by atoms with Crippen LogP contribution in [0.25, 0.3) is 6.08 Å². The summed E-state index contributed by atoms with van der Waals surface area (Å²) in [5.41, 5.74) is 4.55. The quantitative estimate of drug-likeness (QED) is 0.406. The summed E-state index contributed by atoms with van der Waals surface area (Å²) in [4.78, 5) is 38.8. The van der Waals surface area contributed by atoms with Crippen LogP contribution < -0.4 is 14.8 Å². The zero-order valence-electron chi connectivity index (χ0n) is 20.2. The lowest BCUT2D eigenvalue weighted by atomic mass is 10.1. The summed E-state index contributed by atoms with van der Waals surface area (Å²) in [5, 5.41) is 2.21. The number of hydrogen-bond donors (Lipinski definition) is 1. The first-order valence-corrected chi connectivity index (χ1v) is 12.1. The molecule has 3 aromatic carbocycles. The fourth-order valence-corrected chi connectivity index (χ4v) is 4.35. The van der Waals surface area contributed by atoms with E-state index in [2.05, 4.69) is 5.32 Å². The predicted molar refractivity (Wildman–Crippen MR) is 141 cm³/mol. The highest BCUT2D eigenvalue weighted by molar-refractivity contribution is 8.18. The lowest BCUT2D eigenvalue weighted by Gasteiger charge is -2.13. The Hall–Kier alpha value is -4.04. The van der Waals surface area contributed by atoms with Gasteiger partial charge in [-0.3, -0.25) is 19.3 Å². The summed E-state index contributed by atoms with van der Waals surface area (Å²) in [6, 6.07) is 20.6. The molecule has 1 saturated heterocycles. The molecule has 0 atom stereocenters. The van der Waals surface area contributed by atoms with Crippen molar-refractivity contribution >= 4 is 40.6 Å². The molecule has 0 bridgehead atoms. The lowest BCUT2D eigenvalue weighted by molar-refractivity contribution is -0.127. The molecule has 1 aliphatic heterocycles. The van der Waals surface area contributed by atoms with Crippen LogP contribution in [0.15, 0.2) is 71.6 Å². The van der Waals surface area contributed by atoms with Crippen molar-refractivity contribution in [2.24, 2.45) is 0 Å². The van der Waals surface area contributed by atoms with Crippen molar-refractivity contribution in [1.29, 1.82) is 0 Å². The molecule has 1 heterocycles. The van der Waals surface area contributed by atoms with E-state index in [-0.39, 0.29) is 11.4 Å². The number of anilines is 1. The van der Waals surface area contributed by atoms with Crippen LogP contribution in [0.3, 0.4) is 0 Å². The number of carbonyl (C=O) groups excluding carboxylic acids is 3. The Morgan fingerprint density at radius 2 is 1.61 bits per heavy atom. The number of aryl methyl sites for hydroxylation is 2. The van der Waals surface area contributed by atoms with E-state index in [0.717, 1.165) is 27.8 Å². The molecule has 4 rings (SSSR count). The minimum absolute atomic E-state index is 0.235. The lowest BCUT2D eigenvalue weighted by Crippen LogP contribution is -2.36. The Morgan fingerprint density at radius 1 is 0.944 bits per heavy atom. The number of hydrogen-bond acceptors (Lipinski definition) is 6. The fraction of sp³-hybridized carbons (Fsp3) is 0.179. The zero-order chi connectivity index (χ0) is 25.7. The topological polar surface area (TPSA) is 84.9 Å². The molecule has 1 N–H and O–H groups in total. The molecule has 1 aliphatic rings. The predicted octanol–water partition coefficient (Wildman–Crippen LogP) is 5.57. The third-order valence-corrected chi connectivity index (χ3v) is 6.42. The van der Waals surface area contributed by atoms with Gasteiger partial charge >= 0.3 is 0 Å². The Morgan fingerprint density at radius 3 is 2.28 bits per heavy atom. The molecule has 0 aromatic heterocycles.